The molecular weight excluding hydrogens is 326 g/mol. The predicted molar refractivity (Wildman–Crippen MR) is 104 cm³/mol. The number of nitrogens with one attached hydrogen (secondary N) is 2. The maximum atomic E-state index is 12.0. The Morgan fingerprint density at radius 1 is 1.19 bits per heavy atom. The molecule has 0 aliphatic heterocycles. The van der Waals surface area contributed by atoms with Gasteiger partial charge in [0.05, 0.1) is 5.71 Å². The van der Waals surface area contributed by atoms with Gasteiger partial charge < -0.3 is 5.32 Å². The molecule has 1 aromatic rings. The van der Waals surface area contributed by atoms with Gasteiger partial charge in [-0.25, -0.2) is 5.43 Å². The SMILES string of the molecule is C=C(C)C1CC=C(C)/C(=N/NC(=O)CCC(=O)NCc2ccccc2)C1. The summed E-state index contributed by atoms with van der Waals surface area (Å²) in [5.74, 6) is -0.0246. The minimum absolute atomic E-state index is 0.115. The minimum atomic E-state index is -0.252. The predicted octanol–water partition coefficient (Wildman–Crippen LogP) is 3.49. The maximum absolute atomic E-state index is 12.0. The molecule has 1 atom stereocenters. The molecule has 1 aliphatic carbocycles. The number of benzene rings is 1. The van der Waals surface area contributed by atoms with Gasteiger partial charge in [-0.15, -0.1) is 0 Å². The first-order valence-electron chi connectivity index (χ1n) is 8.94. The van der Waals surface area contributed by atoms with E-state index < -0.39 is 0 Å². The Hall–Kier alpha value is -2.69. The van der Waals surface area contributed by atoms with Gasteiger partial charge in [-0.3, -0.25) is 9.59 Å². The van der Waals surface area contributed by atoms with E-state index in [1.165, 1.54) is 0 Å². The first kappa shape index (κ1) is 19.6. The summed E-state index contributed by atoms with van der Waals surface area (Å²) in [6.45, 7) is 8.49. The molecule has 2 N–H and O–H groups in total. The van der Waals surface area contributed by atoms with Crippen LogP contribution in [0.4, 0.5) is 0 Å². The molecule has 0 bridgehead atoms. The quantitative estimate of drug-likeness (QED) is 0.582. The second kappa shape index (κ2) is 9.70. The van der Waals surface area contributed by atoms with Gasteiger partial charge in [0.15, 0.2) is 0 Å². The van der Waals surface area contributed by atoms with Crippen LogP contribution < -0.4 is 10.7 Å². The van der Waals surface area contributed by atoms with Crippen molar-refractivity contribution in [1.82, 2.24) is 10.7 Å². The van der Waals surface area contributed by atoms with E-state index in [4.69, 9.17) is 0 Å². The lowest BCUT2D eigenvalue weighted by Gasteiger charge is -2.22. The number of hydrogen-bond acceptors (Lipinski definition) is 3. The van der Waals surface area contributed by atoms with Crippen molar-refractivity contribution in [3.05, 3.63) is 59.7 Å². The number of nitrogens with zero attached hydrogens (tertiary/aromatic N) is 1. The molecule has 1 aromatic carbocycles. The van der Waals surface area contributed by atoms with Crippen molar-refractivity contribution >= 4 is 17.5 Å². The summed E-state index contributed by atoms with van der Waals surface area (Å²) in [7, 11) is 0. The van der Waals surface area contributed by atoms with E-state index in [1.807, 2.05) is 44.2 Å². The van der Waals surface area contributed by atoms with E-state index in [-0.39, 0.29) is 24.7 Å². The van der Waals surface area contributed by atoms with Crippen LogP contribution in [0.3, 0.4) is 0 Å². The molecule has 0 heterocycles. The molecule has 138 valence electrons. The Balaban J connectivity index is 1.74. The molecule has 1 aliphatic rings. The summed E-state index contributed by atoms with van der Waals surface area (Å²) in [6.07, 6.45) is 4.15. The van der Waals surface area contributed by atoms with Crippen molar-refractivity contribution in [2.75, 3.05) is 0 Å². The summed E-state index contributed by atoms with van der Waals surface area (Å²) in [4.78, 5) is 23.8. The van der Waals surface area contributed by atoms with Gasteiger partial charge in [-0.05, 0) is 43.7 Å². The number of hydrazone groups is 1. The normalized spacial score (nSPS) is 18.2. The van der Waals surface area contributed by atoms with Crippen LogP contribution in [-0.4, -0.2) is 17.5 Å². The minimum Gasteiger partial charge on any atom is -0.352 e. The first-order chi connectivity index (χ1) is 12.5. The summed E-state index contributed by atoms with van der Waals surface area (Å²) in [5.41, 5.74) is 6.70. The van der Waals surface area contributed by atoms with Crippen LogP contribution in [0, 0.1) is 5.92 Å². The van der Waals surface area contributed by atoms with Crippen molar-refractivity contribution in [1.29, 1.82) is 0 Å². The second-order valence-corrected chi connectivity index (χ2v) is 6.73. The van der Waals surface area contributed by atoms with Crippen LogP contribution in [0.1, 0.15) is 45.1 Å². The number of allylic oxidation sites excluding steroid dienone is 3. The Bertz CT molecular complexity index is 720. The number of rotatable bonds is 7. The Morgan fingerprint density at radius 2 is 1.88 bits per heavy atom. The third-order valence-corrected chi connectivity index (χ3v) is 4.53. The van der Waals surface area contributed by atoms with Crippen molar-refractivity contribution in [2.24, 2.45) is 11.0 Å². The van der Waals surface area contributed by atoms with E-state index in [9.17, 15) is 9.59 Å². The zero-order chi connectivity index (χ0) is 18.9. The first-order valence-corrected chi connectivity index (χ1v) is 8.94. The van der Waals surface area contributed by atoms with E-state index >= 15 is 0 Å². The summed E-state index contributed by atoms with van der Waals surface area (Å²) in [5, 5.41) is 7.06. The van der Waals surface area contributed by atoms with Crippen molar-refractivity contribution in [3.8, 4) is 0 Å². The van der Waals surface area contributed by atoms with Gasteiger partial charge in [-0.1, -0.05) is 48.6 Å². The molecule has 0 radical (unpaired) electrons. The number of carbonyl (C=O) groups excluding carboxylic acids is 2. The highest BCUT2D eigenvalue weighted by Gasteiger charge is 2.18. The van der Waals surface area contributed by atoms with E-state index in [2.05, 4.69) is 28.5 Å². The van der Waals surface area contributed by atoms with Crippen molar-refractivity contribution in [3.63, 3.8) is 0 Å². The van der Waals surface area contributed by atoms with Gasteiger partial charge in [0.2, 0.25) is 11.8 Å². The fourth-order valence-corrected chi connectivity index (χ4v) is 2.72. The smallest absolute Gasteiger partial charge is 0.240 e. The summed E-state index contributed by atoms with van der Waals surface area (Å²) in [6, 6.07) is 9.67. The molecule has 0 aromatic heterocycles. The molecule has 26 heavy (non-hydrogen) atoms. The van der Waals surface area contributed by atoms with Gasteiger partial charge >= 0.3 is 0 Å². The van der Waals surface area contributed by atoms with Crippen LogP contribution in [0.15, 0.2) is 59.2 Å². The van der Waals surface area contributed by atoms with Gasteiger partial charge in [0, 0.05) is 19.4 Å². The van der Waals surface area contributed by atoms with E-state index in [0.717, 1.165) is 35.3 Å². The Labute approximate surface area is 155 Å². The Kier molecular flexibility index (Phi) is 7.33. The maximum Gasteiger partial charge on any atom is 0.240 e. The highest BCUT2D eigenvalue weighted by atomic mass is 16.2. The second-order valence-electron chi connectivity index (χ2n) is 6.73. The van der Waals surface area contributed by atoms with Crippen LogP contribution in [0.5, 0.6) is 0 Å². The largest absolute Gasteiger partial charge is 0.352 e. The highest BCUT2D eigenvalue weighted by Crippen LogP contribution is 2.26. The van der Waals surface area contributed by atoms with Crippen LogP contribution >= 0.6 is 0 Å². The average Bonchev–Trinajstić information content (AvgIpc) is 2.64. The molecular formula is C21H27N3O2. The lowest BCUT2D eigenvalue weighted by molar-refractivity contribution is -0.126. The fourth-order valence-electron chi connectivity index (χ4n) is 2.72. The molecule has 0 fully saturated rings. The molecule has 0 saturated heterocycles. The molecule has 2 rings (SSSR count). The third-order valence-electron chi connectivity index (χ3n) is 4.53. The highest BCUT2D eigenvalue weighted by molar-refractivity contribution is 6.01. The molecule has 0 spiro atoms. The zero-order valence-corrected chi connectivity index (χ0v) is 15.5. The summed E-state index contributed by atoms with van der Waals surface area (Å²) < 4.78 is 0. The standard InChI is InChI=1S/C21H27N3O2/c1-15(2)18-10-9-16(3)19(13-18)23-24-21(26)12-11-20(25)22-14-17-7-5-4-6-8-17/h4-9,18H,1,10-14H2,2-3H3,(H,22,25)(H,24,26)/b23-19+. The van der Waals surface area contributed by atoms with E-state index in [0.29, 0.717) is 12.5 Å². The van der Waals surface area contributed by atoms with Gasteiger partial charge in [0.25, 0.3) is 0 Å². The van der Waals surface area contributed by atoms with Crippen LogP contribution in [0.2, 0.25) is 0 Å². The lowest BCUT2D eigenvalue weighted by Crippen LogP contribution is -2.26. The van der Waals surface area contributed by atoms with Crippen LogP contribution in [-0.2, 0) is 16.1 Å². The topological polar surface area (TPSA) is 70.6 Å². The lowest BCUT2D eigenvalue weighted by atomic mass is 9.85. The van der Waals surface area contributed by atoms with Crippen molar-refractivity contribution in [2.45, 2.75) is 46.1 Å². The molecule has 0 saturated carbocycles. The average molecular weight is 353 g/mol. The molecule has 5 nitrogen and oxygen atoms in total. The number of hydrogen-bond donors (Lipinski definition) is 2. The number of amides is 2. The number of carbonyl (C=O) groups is 2. The van der Waals surface area contributed by atoms with Crippen molar-refractivity contribution < 1.29 is 9.59 Å². The zero-order valence-electron chi connectivity index (χ0n) is 15.5. The summed E-state index contributed by atoms with van der Waals surface area (Å²) >= 11 is 0. The van der Waals surface area contributed by atoms with E-state index in [1.54, 1.807) is 0 Å². The molecule has 2 amide bonds. The molecule has 5 heteroatoms. The third kappa shape index (κ3) is 6.31. The monoisotopic (exact) mass is 353 g/mol. The molecule has 1 unspecified atom stereocenters. The van der Waals surface area contributed by atoms with Gasteiger partial charge in [0.1, 0.15) is 0 Å². The van der Waals surface area contributed by atoms with Crippen LogP contribution in [0.25, 0.3) is 0 Å². The van der Waals surface area contributed by atoms with Gasteiger partial charge in [-0.2, -0.15) is 5.10 Å². The Morgan fingerprint density at radius 3 is 2.58 bits per heavy atom. The fraction of sp³-hybridized carbons (Fsp3) is 0.381.